The van der Waals surface area contributed by atoms with Crippen LogP contribution in [-0.2, 0) is 7.05 Å². The lowest BCUT2D eigenvalue weighted by molar-refractivity contribution is 0.479. The zero-order valence-corrected chi connectivity index (χ0v) is 12.3. The predicted octanol–water partition coefficient (Wildman–Crippen LogP) is 4.30. The van der Waals surface area contributed by atoms with Gasteiger partial charge in [0.05, 0.1) is 11.3 Å². The highest BCUT2D eigenvalue weighted by molar-refractivity contribution is 6.30. The smallest absolute Gasteiger partial charge is 0.151 e. The fourth-order valence-electron chi connectivity index (χ4n) is 2.54. The van der Waals surface area contributed by atoms with Crippen LogP contribution in [0.15, 0.2) is 54.6 Å². The minimum atomic E-state index is 0.170. The van der Waals surface area contributed by atoms with Crippen LogP contribution in [0.5, 0.6) is 5.75 Å². The molecule has 3 aromatic rings. The summed E-state index contributed by atoms with van der Waals surface area (Å²) < 4.78 is 1.79. The van der Waals surface area contributed by atoms with E-state index in [1.54, 1.807) is 16.7 Å². The molecule has 0 saturated heterocycles. The largest absolute Gasteiger partial charge is 0.505 e. The minimum Gasteiger partial charge on any atom is -0.505 e. The molecular weight excluding hydrogens is 284 g/mol. The number of hydrogen-bond donors (Lipinski definition) is 2. The Morgan fingerprint density at radius 1 is 1.00 bits per heavy atom. The molecule has 21 heavy (non-hydrogen) atoms. The number of aromatic hydroxyl groups is 1. The molecule has 0 amide bonds. The van der Waals surface area contributed by atoms with Gasteiger partial charge in [-0.3, -0.25) is 0 Å². The van der Waals surface area contributed by atoms with Crippen LogP contribution in [0.2, 0.25) is 5.02 Å². The molecule has 1 heterocycles. The number of benzene rings is 2. The predicted molar refractivity (Wildman–Crippen MR) is 87.4 cm³/mol. The van der Waals surface area contributed by atoms with Crippen molar-refractivity contribution in [3.8, 4) is 28.1 Å². The van der Waals surface area contributed by atoms with E-state index in [2.05, 4.69) is 0 Å². The molecule has 0 aliphatic rings. The summed E-state index contributed by atoms with van der Waals surface area (Å²) in [6.07, 6.45) is 0. The summed E-state index contributed by atoms with van der Waals surface area (Å²) in [4.78, 5) is 0. The average molecular weight is 299 g/mol. The molecule has 3 N–H and O–H groups in total. The Morgan fingerprint density at radius 2 is 1.67 bits per heavy atom. The SMILES string of the molecule is Cn1c(N)c(-c2cccc(Cl)c2)c(O)c1-c1ccccc1. The van der Waals surface area contributed by atoms with Crippen LogP contribution in [0.25, 0.3) is 22.4 Å². The monoisotopic (exact) mass is 298 g/mol. The van der Waals surface area contributed by atoms with Crippen LogP contribution < -0.4 is 5.73 Å². The van der Waals surface area contributed by atoms with Crippen molar-refractivity contribution < 1.29 is 5.11 Å². The van der Waals surface area contributed by atoms with Gasteiger partial charge in [-0.05, 0) is 17.7 Å². The van der Waals surface area contributed by atoms with Gasteiger partial charge in [-0.2, -0.15) is 0 Å². The first kappa shape index (κ1) is 13.6. The van der Waals surface area contributed by atoms with Crippen molar-refractivity contribution in [2.45, 2.75) is 0 Å². The van der Waals surface area contributed by atoms with Crippen molar-refractivity contribution >= 4 is 17.4 Å². The Kier molecular flexibility index (Phi) is 3.35. The van der Waals surface area contributed by atoms with Gasteiger partial charge in [0.25, 0.3) is 0 Å². The van der Waals surface area contributed by atoms with E-state index >= 15 is 0 Å². The summed E-state index contributed by atoms with van der Waals surface area (Å²) in [5.41, 5.74) is 9.21. The zero-order valence-electron chi connectivity index (χ0n) is 11.5. The van der Waals surface area contributed by atoms with E-state index in [0.29, 0.717) is 22.1 Å². The Labute approximate surface area is 128 Å². The molecule has 0 saturated carbocycles. The van der Waals surface area contributed by atoms with E-state index in [1.165, 1.54) is 0 Å². The summed E-state index contributed by atoms with van der Waals surface area (Å²) in [7, 11) is 1.84. The molecule has 0 atom stereocenters. The first-order valence-electron chi connectivity index (χ1n) is 6.58. The van der Waals surface area contributed by atoms with Crippen LogP contribution >= 0.6 is 11.6 Å². The second-order valence-corrected chi connectivity index (χ2v) is 5.33. The van der Waals surface area contributed by atoms with Crippen LogP contribution in [0.4, 0.5) is 5.82 Å². The molecule has 0 aliphatic carbocycles. The van der Waals surface area contributed by atoms with Gasteiger partial charge in [0.2, 0.25) is 0 Å². The second-order valence-electron chi connectivity index (χ2n) is 4.89. The Hall–Kier alpha value is -2.39. The van der Waals surface area contributed by atoms with Gasteiger partial charge < -0.3 is 15.4 Å². The van der Waals surface area contributed by atoms with E-state index in [4.69, 9.17) is 17.3 Å². The van der Waals surface area contributed by atoms with E-state index in [1.807, 2.05) is 49.5 Å². The third-order valence-corrected chi connectivity index (χ3v) is 3.81. The van der Waals surface area contributed by atoms with Gasteiger partial charge in [0.1, 0.15) is 5.82 Å². The molecule has 0 radical (unpaired) electrons. The highest BCUT2D eigenvalue weighted by atomic mass is 35.5. The highest BCUT2D eigenvalue weighted by Crippen LogP contribution is 2.44. The first-order chi connectivity index (χ1) is 10.1. The van der Waals surface area contributed by atoms with Gasteiger partial charge in [-0.1, -0.05) is 54.1 Å². The van der Waals surface area contributed by atoms with Gasteiger partial charge in [-0.25, -0.2) is 0 Å². The first-order valence-corrected chi connectivity index (χ1v) is 6.96. The number of nitrogens with two attached hydrogens (primary N) is 1. The Bertz CT molecular complexity index is 794. The summed E-state index contributed by atoms with van der Waals surface area (Å²) in [5, 5.41) is 11.3. The Morgan fingerprint density at radius 3 is 2.33 bits per heavy atom. The molecule has 3 nitrogen and oxygen atoms in total. The molecular formula is C17H15ClN2O. The number of nitrogens with zero attached hydrogens (tertiary/aromatic N) is 1. The summed E-state index contributed by atoms with van der Waals surface area (Å²) in [5.74, 6) is 0.678. The summed E-state index contributed by atoms with van der Waals surface area (Å²) >= 11 is 6.03. The topological polar surface area (TPSA) is 51.2 Å². The zero-order chi connectivity index (χ0) is 15.0. The lowest BCUT2D eigenvalue weighted by Gasteiger charge is -2.04. The molecule has 3 rings (SSSR count). The maximum atomic E-state index is 10.6. The van der Waals surface area contributed by atoms with E-state index < -0.39 is 0 Å². The van der Waals surface area contributed by atoms with Crippen LogP contribution in [-0.4, -0.2) is 9.67 Å². The molecule has 0 bridgehead atoms. The number of halogens is 1. The number of hydrogen-bond acceptors (Lipinski definition) is 2. The van der Waals surface area contributed by atoms with Crippen molar-refractivity contribution in [2.24, 2.45) is 7.05 Å². The van der Waals surface area contributed by atoms with Crippen molar-refractivity contribution in [3.63, 3.8) is 0 Å². The highest BCUT2D eigenvalue weighted by Gasteiger charge is 2.21. The van der Waals surface area contributed by atoms with Gasteiger partial charge in [-0.15, -0.1) is 0 Å². The van der Waals surface area contributed by atoms with Gasteiger partial charge >= 0.3 is 0 Å². The summed E-state index contributed by atoms with van der Waals surface area (Å²) in [6.45, 7) is 0. The quantitative estimate of drug-likeness (QED) is 0.741. The van der Waals surface area contributed by atoms with Gasteiger partial charge in [0, 0.05) is 17.6 Å². The van der Waals surface area contributed by atoms with Crippen molar-refractivity contribution in [1.82, 2.24) is 4.57 Å². The molecule has 4 heteroatoms. The average Bonchev–Trinajstić information content (AvgIpc) is 2.70. The van der Waals surface area contributed by atoms with Crippen molar-refractivity contribution in [1.29, 1.82) is 0 Å². The van der Waals surface area contributed by atoms with Crippen LogP contribution in [0.1, 0.15) is 0 Å². The van der Waals surface area contributed by atoms with E-state index in [0.717, 1.165) is 11.1 Å². The maximum Gasteiger partial charge on any atom is 0.151 e. The number of rotatable bonds is 2. The standard InChI is InChI=1S/C17H15ClN2O/c1-20-15(11-6-3-2-4-7-11)16(21)14(17(20)19)12-8-5-9-13(18)10-12/h2-10,21H,19H2,1H3. The second kappa shape index (κ2) is 5.19. The lowest BCUT2D eigenvalue weighted by Crippen LogP contribution is -1.98. The third-order valence-electron chi connectivity index (χ3n) is 3.57. The molecule has 0 aliphatic heterocycles. The maximum absolute atomic E-state index is 10.6. The molecule has 1 aromatic heterocycles. The molecule has 106 valence electrons. The van der Waals surface area contributed by atoms with Crippen LogP contribution in [0, 0.1) is 0 Å². The molecule has 0 spiro atoms. The molecule has 0 fully saturated rings. The van der Waals surface area contributed by atoms with E-state index in [9.17, 15) is 5.11 Å². The number of aromatic nitrogens is 1. The lowest BCUT2D eigenvalue weighted by atomic mass is 10.1. The van der Waals surface area contributed by atoms with Crippen molar-refractivity contribution in [2.75, 3.05) is 5.73 Å². The number of anilines is 1. The fourth-order valence-corrected chi connectivity index (χ4v) is 2.73. The van der Waals surface area contributed by atoms with Gasteiger partial charge in [0.15, 0.2) is 5.75 Å². The Balaban J connectivity index is 2.25. The third kappa shape index (κ3) is 2.26. The number of nitrogen functional groups attached to an aromatic ring is 1. The molecule has 0 unspecified atom stereocenters. The van der Waals surface area contributed by atoms with E-state index in [-0.39, 0.29) is 5.75 Å². The summed E-state index contributed by atoms with van der Waals surface area (Å²) in [6, 6.07) is 17.0. The fraction of sp³-hybridized carbons (Fsp3) is 0.0588. The molecule has 2 aromatic carbocycles. The normalized spacial score (nSPS) is 10.8. The minimum absolute atomic E-state index is 0.170. The van der Waals surface area contributed by atoms with Crippen molar-refractivity contribution in [3.05, 3.63) is 59.6 Å². The van der Waals surface area contributed by atoms with Crippen LogP contribution in [0.3, 0.4) is 0 Å².